The first-order chi connectivity index (χ1) is 19.1. The Morgan fingerprint density at radius 1 is 0.930 bits per heavy atom. The number of ether oxygens (including phenoxy) is 3. The van der Waals surface area contributed by atoms with E-state index < -0.39 is 0 Å². The van der Waals surface area contributed by atoms with Crippen molar-refractivity contribution < 1.29 is 88.6 Å². The maximum atomic E-state index is 10.8. The van der Waals surface area contributed by atoms with Crippen LogP contribution in [0.5, 0.6) is 0 Å². The van der Waals surface area contributed by atoms with E-state index in [-0.39, 0.29) is 109 Å². The van der Waals surface area contributed by atoms with Gasteiger partial charge in [-0.15, -0.1) is 0 Å². The van der Waals surface area contributed by atoms with Gasteiger partial charge in [-0.3, -0.25) is 4.79 Å². The zero-order chi connectivity index (χ0) is 33.0. The molecule has 0 aliphatic carbocycles. The minimum absolute atomic E-state index is 0. The molecule has 3 N–H and O–H groups in total. The van der Waals surface area contributed by atoms with Crippen LogP contribution in [0.3, 0.4) is 0 Å². The fourth-order valence-electron chi connectivity index (χ4n) is 5.25. The van der Waals surface area contributed by atoms with Gasteiger partial charge in [0.05, 0.1) is 30.5 Å². The monoisotopic (exact) mass is 644 g/mol. The Bertz CT molecular complexity index is 725. The van der Waals surface area contributed by atoms with Crippen LogP contribution in [-0.4, -0.2) is 70.6 Å². The number of rotatable bonds is 3. The Labute approximate surface area is 311 Å². The van der Waals surface area contributed by atoms with Gasteiger partial charge < -0.3 is 31.0 Å². The molecule has 7 nitrogen and oxygen atoms in total. The van der Waals surface area contributed by atoms with Crippen LogP contribution in [0.2, 0.25) is 0 Å². The van der Waals surface area contributed by atoms with Crippen molar-refractivity contribution in [3.63, 3.8) is 0 Å². The van der Waals surface area contributed by atoms with Crippen molar-refractivity contribution in [3.8, 4) is 0 Å². The SMILES string of the molecule is CC(C)O.CC(CO)C[C@@H]1C[C@H](O)C(C)(C)C(C)O1.CC1CC(=O)OC(C)C1C.CC1CCCC(C)(C)C(C)OC1C.[H-].[HH].[K+]. The van der Waals surface area contributed by atoms with Gasteiger partial charge in [-0.2, -0.15) is 0 Å². The summed E-state index contributed by atoms with van der Waals surface area (Å²) in [6, 6.07) is 0. The third-order valence-corrected chi connectivity index (χ3v) is 10.0. The largest absolute Gasteiger partial charge is 1.00 e. The molecule has 0 aromatic rings. The van der Waals surface area contributed by atoms with E-state index in [9.17, 15) is 9.90 Å². The molecule has 8 heteroatoms. The first kappa shape index (κ1) is 46.0. The van der Waals surface area contributed by atoms with Gasteiger partial charge in [-0.05, 0) is 89.9 Å². The van der Waals surface area contributed by atoms with Gasteiger partial charge in [-0.1, -0.05) is 61.8 Å². The Hall–Kier alpha value is 0.906. The molecule has 0 radical (unpaired) electrons. The summed E-state index contributed by atoms with van der Waals surface area (Å²) in [5.41, 5.74) is 0.188. The number of hydrogen-bond acceptors (Lipinski definition) is 7. The third-order valence-electron chi connectivity index (χ3n) is 10.0. The molecular formula is C35H73KO7. The van der Waals surface area contributed by atoms with E-state index in [1.54, 1.807) is 13.8 Å². The summed E-state index contributed by atoms with van der Waals surface area (Å²) in [5.74, 6) is 1.92. The number of carbonyl (C=O) groups excluding carboxylic acids is 1. The standard InChI is InChI=1S/C12H24O3.C12H24O.C8H14O2.C3H8O.K.H2.H/c1-8(7-13)5-10-6-11(14)12(3,4)9(2)15-10;1-9-7-6-8-12(4,5)11(3)13-10(9)2;1-5-4-8(9)10-7(3)6(5)2;1-3(2)4;;;/h8-11,13-14H,5-7H2,1-4H3;9-11H,6-8H2,1-5H3;5-7H,4H2,1-3H3;3-4H,1-2H3;;1H;/q;;;;+1;;-1/t8?,9?,10-,11+;;;;;;/m1....../s1. The van der Waals surface area contributed by atoms with Crippen LogP contribution < -0.4 is 51.4 Å². The molecule has 256 valence electrons. The molecule has 3 heterocycles. The van der Waals surface area contributed by atoms with Gasteiger partial charge in [0.15, 0.2) is 0 Å². The summed E-state index contributed by atoms with van der Waals surface area (Å²) in [6.07, 6.45) is 6.67. The first-order valence-corrected chi connectivity index (χ1v) is 16.6. The van der Waals surface area contributed by atoms with Crippen LogP contribution in [0, 0.1) is 34.5 Å². The van der Waals surface area contributed by atoms with Gasteiger partial charge in [0.25, 0.3) is 0 Å². The maximum absolute atomic E-state index is 10.8. The topological polar surface area (TPSA) is 105 Å². The van der Waals surface area contributed by atoms with Crippen molar-refractivity contribution in [2.75, 3.05) is 6.61 Å². The normalized spacial score (nSPS) is 35.9. The van der Waals surface area contributed by atoms with Crippen LogP contribution in [0.25, 0.3) is 0 Å². The Kier molecular flexibility index (Phi) is 23.2. The maximum Gasteiger partial charge on any atom is 1.00 e. The van der Waals surface area contributed by atoms with Crippen molar-refractivity contribution in [1.29, 1.82) is 0 Å². The number of aliphatic hydroxyl groups excluding tert-OH is 3. The quantitative estimate of drug-likeness (QED) is 0.306. The number of esters is 1. The molecule has 3 rings (SSSR count). The number of carbonyl (C=O) groups is 1. The van der Waals surface area contributed by atoms with Gasteiger partial charge in [0.1, 0.15) is 6.10 Å². The molecule has 10 atom stereocenters. The summed E-state index contributed by atoms with van der Waals surface area (Å²) in [6.45, 7) is 29.3. The van der Waals surface area contributed by atoms with E-state index in [2.05, 4.69) is 48.5 Å². The summed E-state index contributed by atoms with van der Waals surface area (Å²) >= 11 is 0. The average molecular weight is 645 g/mol. The second-order valence-corrected chi connectivity index (χ2v) is 15.2. The Balaban J connectivity index is -0.000000259. The Morgan fingerprint density at radius 3 is 1.93 bits per heavy atom. The number of hydrogen-bond donors (Lipinski definition) is 3. The van der Waals surface area contributed by atoms with E-state index in [4.69, 9.17) is 24.4 Å². The first-order valence-electron chi connectivity index (χ1n) is 16.6. The molecular weight excluding hydrogens is 571 g/mol. The minimum atomic E-state index is -0.308. The van der Waals surface area contributed by atoms with E-state index >= 15 is 0 Å². The molecule has 3 aliphatic rings. The fourth-order valence-corrected chi connectivity index (χ4v) is 5.25. The average Bonchev–Trinajstić information content (AvgIpc) is 2.85. The van der Waals surface area contributed by atoms with Crippen LogP contribution in [0.4, 0.5) is 0 Å². The molecule has 0 amide bonds. The van der Waals surface area contributed by atoms with E-state index in [0.717, 1.165) is 12.3 Å². The predicted octanol–water partition coefficient (Wildman–Crippen LogP) is 4.54. The smallest absolute Gasteiger partial charge is 1.00 e. The van der Waals surface area contributed by atoms with E-state index in [0.29, 0.717) is 42.3 Å². The van der Waals surface area contributed by atoms with Crippen molar-refractivity contribution in [2.45, 2.75) is 178 Å². The third kappa shape index (κ3) is 17.6. The van der Waals surface area contributed by atoms with Crippen molar-refractivity contribution in [1.82, 2.24) is 0 Å². The molecule has 0 aromatic heterocycles. The molecule has 0 bridgehead atoms. The minimum Gasteiger partial charge on any atom is -1.00 e. The Morgan fingerprint density at radius 2 is 1.47 bits per heavy atom. The van der Waals surface area contributed by atoms with Gasteiger partial charge in [0, 0.05) is 32.4 Å². The van der Waals surface area contributed by atoms with Crippen LogP contribution in [0.15, 0.2) is 0 Å². The second-order valence-electron chi connectivity index (χ2n) is 15.2. The van der Waals surface area contributed by atoms with Crippen LogP contribution >= 0.6 is 0 Å². The van der Waals surface area contributed by atoms with Crippen molar-refractivity contribution in [2.24, 2.45) is 34.5 Å². The van der Waals surface area contributed by atoms with Crippen molar-refractivity contribution >= 4 is 5.97 Å². The van der Waals surface area contributed by atoms with Gasteiger partial charge >= 0.3 is 57.4 Å². The molecule has 43 heavy (non-hydrogen) atoms. The van der Waals surface area contributed by atoms with E-state index in [1.165, 1.54) is 19.3 Å². The number of cyclic esters (lactones) is 1. The molecule has 3 fully saturated rings. The molecule has 8 unspecified atom stereocenters. The zero-order valence-electron chi connectivity index (χ0n) is 31.8. The summed E-state index contributed by atoms with van der Waals surface area (Å²) < 4.78 is 16.9. The van der Waals surface area contributed by atoms with Crippen LogP contribution in [-0.2, 0) is 19.0 Å². The molecule has 0 aromatic carbocycles. The molecule has 0 spiro atoms. The molecule has 0 saturated carbocycles. The van der Waals surface area contributed by atoms with Gasteiger partial charge in [-0.25, -0.2) is 0 Å². The zero-order valence-corrected chi connectivity index (χ0v) is 33.9. The predicted molar refractivity (Wildman–Crippen MR) is 175 cm³/mol. The summed E-state index contributed by atoms with van der Waals surface area (Å²) in [7, 11) is 0. The van der Waals surface area contributed by atoms with Crippen molar-refractivity contribution in [3.05, 3.63) is 0 Å². The second kappa shape index (κ2) is 21.7. The van der Waals surface area contributed by atoms with Crippen LogP contribution in [0.1, 0.15) is 138 Å². The van der Waals surface area contributed by atoms with Gasteiger partial charge in [0.2, 0.25) is 0 Å². The number of aliphatic hydroxyl groups is 3. The molecule has 3 aliphatic heterocycles. The summed E-state index contributed by atoms with van der Waals surface area (Å²) in [4.78, 5) is 10.8. The fraction of sp³-hybridized carbons (Fsp3) is 0.971. The summed E-state index contributed by atoms with van der Waals surface area (Å²) in [5, 5.41) is 27.1. The molecule has 3 saturated heterocycles. The van der Waals surface area contributed by atoms with E-state index in [1.807, 2.05) is 34.6 Å².